The minimum absolute atomic E-state index is 0.169. The number of hydrogen-bond donors (Lipinski definition) is 2. The van der Waals surface area contributed by atoms with Crippen LogP contribution < -0.4 is 16.3 Å². The van der Waals surface area contributed by atoms with Crippen LogP contribution >= 0.6 is 23.6 Å². The summed E-state index contributed by atoms with van der Waals surface area (Å²) in [6, 6.07) is 11.4. The molecule has 6 nitrogen and oxygen atoms in total. The van der Waals surface area contributed by atoms with Crippen molar-refractivity contribution < 1.29 is 0 Å². The number of hydrazone groups is 1. The van der Waals surface area contributed by atoms with Gasteiger partial charge < -0.3 is 5.32 Å². The molecule has 3 rings (SSSR count). The van der Waals surface area contributed by atoms with Crippen LogP contribution in [-0.2, 0) is 7.05 Å². The summed E-state index contributed by atoms with van der Waals surface area (Å²) in [4.78, 5) is 12.8. The van der Waals surface area contributed by atoms with Crippen LogP contribution in [-0.4, -0.2) is 20.7 Å². The van der Waals surface area contributed by atoms with Crippen LogP contribution in [0.3, 0.4) is 0 Å². The number of nitrogens with one attached hydrogen (secondary N) is 2. The number of para-hydroxylation sites is 1. The first-order valence-corrected chi connectivity index (χ1v) is 8.89. The van der Waals surface area contributed by atoms with Gasteiger partial charge in [-0.1, -0.05) is 18.2 Å². The molecule has 0 bridgehead atoms. The molecule has 8 heteroatoms. The van der Waals surface area contributed by atoms with Gasteiger partial charge >= 0.3 is 0 Å². The van der Waals surface area contributed by atoms with E-state index >= 15 is 0 Å². The molecule has 0 amide bonds. The standard InChI is InChI=1S/C17H17N5OS2/c1-12-15(19-17(24)20-18-10-13-8-9-25-11-13)16(23)22(21(12)2)14-6-4-3-5-7-14/h3-11H,1-2H3,(H2,19,20,24)/b18-10-. The van der Waals surface area contributed by atoms with E-state index in [0.717, 1.165) is 16.9 Å². The smallest absolute Gasteiger partial charge is 0.295 e. The normalized spacial score (nSPS) is 11.0. The Morgan fingerprint density at radius 3 is 2.72 bits per heavy atom. The van der Waals surface area contributed by atoms with Crippen molar-refractivity contribution >= 4 is 40.6 Å². The lowest BCUT2D eigenvalue weighted by atomic mass is 10.3. The van der Waals surface area contributed by atoms with E-state index in [2.05, 4.69) is 15.8 Å². The van der Waals surface area contributed by atoms with Crippen molar-refractivity contribution in [1.29, 1.82) is 0 Å². The summed E-state index contributed by atoms with van der Waals surface area (Å²) in [6.07, 6.45) is 1.67. The quantitative estimate of drug-likeness (QED) is 0.421. The Balaban J connectivity index is 1.79. The maximum absolute atomic E-state index is 12.8. The maximum Gasteiger partial charge on any atom is 0.295 e. The summed E-state index contributed by atoms with van der Waals surface area (Å²) < 4.78 is 3.38. The maximum atomic E-state index is 12.8. The van der Waals surface area contributed by atoms with Crippen molar-refractivity contribution in [1.82, 2.24) is 14.8 Å². The highest BCUT2D eigenvalue weighted by atomic mass is 32.1. The van der Waals surface area contributed by atoms with Gasteiger partial charge in [0, 0.05) is 12.6 Å². The lowest BCUT2D eigenvalue weighted by Gasteiger charge is -2.07. The van der Waals surface area contributed by atoms with Crippen molar-refractivity contribution in [3.05, 3.63) is 68.8 Å². The molecule has 0 saturated heterocycles. The molecule has 1 aromatic carbocycles. The molecule has 0 fully saturated rings. The number of hydrogen-bond acceptors (Lipinski definition) is 4. The zero-order valence-electron chi connectivity index (χ0n) is 13.8. The van der Waals surface area contributed by atoms with E-state index in [-0.39, 0.29) is 10.7 Å². The zero-order valence-corrected chi connectivity index (χ0v) is 15.4. The predicted octanol–water partition coefficient (Wildman–Crippen LogP) is 2.87. The first-order valence-electron chi connectivity index (χ1n) is 7.54. The third-order valence-electron chi connectivity index (χ3n) is 3.72. The largest absolute Gasteiger partial charge is 0.325 e. The van der Waals surface area contributed by atoms with Crippen LogP contribution in [0.1, 0.15) is 11.3 Å². The van der Waals surface area contributed by atoms with E-state index in [1.165, 1.54) is 0 Å². The molecular weight excluding hydrogens is 354 g/mol. The Labute approximate surface area is 154 Å². The van der Waals surface area contributed by atoms with Gasteiger partial charge in [-0.2, -0.15) is 16.4 Å². The highest BCUT2D eigenvalue weighted by molar-refractivity contribution is 7.80. The molecule has 0 aliphatic heterocycles. The molecule has 0 spiro atoms. The van der Waals surface area contributed by atoms with Gasteiger partial charge in [0.1, 0.15) is 5.69 Å². The fourth-order valence-electron chi connectivity index (χ4n) is 2.37. The molecule has 25 heavy (non-hydrogen) atoms. The van der Waals surface area contributed by atoms with Gasteiger partial charge in [-0.05, 0) is 48.1 Å². The van der Waals surface area contributed by atoms with Gasteiger partial charge in [0.05, 0.1) is 17.6 Å². The number of benzene rings is 1. The molecule has 0 atom stereocenters. The molecule has 0 aliphatic rings. The second-order valence-corrected chi connectivity index (χ2v) is 6.51. The van der Waals surface area contributed by atoms with Crippen molar-refractivity contribution in [2.75, 3.05) is 5.32 Å². The third-order valence-corrected chi connectivity index (χ3v) is 4.61. The molecule has 3 aromatic rings. The van der Waals surface area contributed by atoms with E-state index in [9.17, 15) is 4.79 Å². The topological polar surface area (TPSA) is 63.4 Å². The summed E-state index contributed by atoms with van der Waals surface area (Å²) >= 11 is 6.82. The average Bonchev–Trinajstić information content (AvgIpc) is 3.19. The van der Waals surface area contributed by atoms with Gasteiger partial charge in [-0.3, -0.25) is 14.9 Å². The minimum atomic E-state index is -0.169. The molecule has 0 saturated carbocycles. The molecule has 0 radical (unpaired) electrons. The lowest BCUT2D eigenvalue weighted by molar-refractivity contribution is 0.630. The van der Waals surface area contributed by atoms with Crippen LogP contribution in [0.25, 0.3) is 5.69 Å². The van der Waals surface area contributed by atoms with E-state index < -0.39 is 0 Å². The number of thiophene rings is 1. The predicted molar refractivity (Wildman–Crippen MR) is 107 cm³/mol. The molecule has 2 N–H and O–H groups in total. The molecule has 128 valence electrons. The van der Waals surface area contributed by atoms with E-state index in [4.69, 9.17) is 12.2 Å². The van der Waals surface area contributed by atoms with Crippen LogP contribution in [0, 0.1) is 6.92 Å². The Morgan fingerprint density at radius 1 is 1.28 bits per heavy atom. The highest BCUT2D eigenvalue weighted by Gasteiger charge is 2.16. The van der Waals surface area contributed by atoms with Crippen molar-refractivity contribution in [3.63, 3.8) is 0 Å². The second kappa shape index (κ2) is 7.45. The molecule has 0 unspecified atom stereocenters. The second-order valence-electron chi connectivity index (χ2n) is 5.32. The third kappa shape index (κ3) is 3.70. The van der Waals surface area contributed by atoms with Crippen LogP contribution in [0.4, 0.5) is 5.69 Å². The first kappa shape index (κ1) is 17.1. The lowest BCUT2D eigenvalue weighted by Crippen LogP contribution is -2.28. The average molecular weight is 371 g/mol. The Morgan fingerprint density at radius 2 is 2.04 bits per heavy atom. The van der Waals surface area contributed by atoms with Crippen molar-refractivity contribution in [2.45, 2.75) is 6.92 Å². The van der Waals surface area contributed by atoms with Crippen LogP contribution in [0.5, 0.6) is 0 Å². The highest BCUT2D eigenvalue weighted by Crippen LogP contribution is 2.13. The fourth-order valence-corrected chi connectivity index (χ4v) is 3.13. The molecule has 2 heterocycles. The number of anilines is 1. The summed E-state index contributed by atoms with van der Waals surface area (Å²) in [7, 11) is 1.83. The van der Waals surface area contributed by atoms with Crippen LogP contribution in [0.15, 0.2) is 57.1 Å². The van der Waals surface area contributed by atoms with E-state index in [1.54, 1.807) is 26.9 Å². The van der Waals surface area contributed by atoms with E-state index in [0.29, 0.717) is 5.69 Å². The molecular formula is C17H17N5OS2. The number of nitrogens with zero attached hydrogens (tertiary/aromatic N) is 3. The van der Waals surface area contributed by atoms with E-state index in [1.807, 2.05) is 61.1 Å². The Bertz CT molecular complexity index is 955. The van der Waals surface area contributed by atoms with Crippen molar-refractivity contribution in [2.24, 2.45) is 12.1 Å². The van der Waals surface area contributed by atoms with Gasteiger partial charge in [-0.15, -0.1) is 0 Å². The molecule has 2 aromatic heterocycles. The van der Waals surface area contributed by atoms with Gasteiger partial charge in [0.2, 0.25) is 0 Å². The van der Waals surface area contributed by atoms with Crippen LogP contribution in [0.2, 0.25) is 0 Å². The van der Waals surface area contributed by atoms with Gasteiger partial charge in [-0.25, -0.2) is 4.68 Å². The summed E-state index contributed by atoms with van der Waals surface area (Å²) in [6.45, 7) is 1.86. The monoisotopic (exact) mass is 371 g/mol. The SMILES string of the molecule is Cc1c(NC(=S)N/N=C\c2ccsc2)c(=O)n(-c2ccccc2)n1C. The van der Waals surface area contributed by atoms with Gasteiger partial charge in [0.25, 0.3) is 5.56 Å². The minimum Gasteiger partial charge on any atom is -0.325 e. The van der Waals surface area contributed by atoms with Crippen molar-refractivity contribution in [3.8, 4) is 5.69 Å². The fraction of sp³-hybridized carbons (Fsp3) is 0.118. The number of thiocarbonyl (C=S) groups is 1. The summed E-state index contributed by atoms with van der Waals surface area (Å²) in [5, 5.41) is 11.2. The summed E-state index contributed by atoms with van der Waals surface area (Å²) in [5.41, 5.74) is 5.54. The summed E-state index contributed by atoms with van der Waals surface area (Å²) in [5.74, 6) is 0. The first-order chi connectivity index (χ1) is 12.1. The zero-order chi connectivity index (χ0) is 17.8. The number of aromatic nitrogens is 2. The molecule has 0 aliphatic carbocycles. The van der Waals surface area contributed by atoms with Gasteiger partial charge in [0.15, 0.2) is 5.11 Å². The Hall–Kier alpha value is -2.71. The number of rotatable bonds is 4. The Kier molecular flexibility index (Phi) is 5.11.